The van der Waals surface area contributed by atoms with Gasteiger partial charge in [-0.15, -0.1) is 0 Å². The van der Waals surface area contributed by atoms with E-state index in [4.69, 9.17) is 5.11 Å². The number of aliphatic carboxylic acids is 1. The summed E-state index contributed by atoms with van der Waals surface area (Å²) < 4.78 is -1.01. The van der Waals surface area contributed by atoms with Crippen molar-refractivity contribution in [1.82, 2.24) is 0 Å². The molecule has 4 nitrogen and oxygen atoms in total. The molecule has 0 bridgehead atoms. The van der Waals surface area contributed by atoms with Crippen LogP contribution in [0.2, 0.25) is 4.31 Å². The molecule has 0 heterocycles. The molecule has 0 saturated heterocycles. The molecule has 0 aromatic carbocycles. The Bertz CT molecular complexity index is 186. The zero-order valence-electron chi connectivity index (χ0n) is 5.16. The number of carboxylic acids is 1. The van der Waals surface area contributed by atoms with E-state index >= 15 is 0 Å². The maximum absolute atomic E-state index is 10.5. The van der Waals surface area contributed by atoms with Crippen LogP contribution in [0.25, 0.3) is 0 Å². The molecule has 0 aliphatic rings. The van der Waals surface area contributed by atoms with Gasteiger partial charge in [0, 0.05) is 0 Å². The Morgan fingerprint density at radius 1 is 1.40 bits per heavy atom. The fourth-order valence-electron chi connectivity index (χ4n) is 0.297. The van der Waals surface area contributed by atoms with Crippen molar-refractivity contribution in [3.63, 3.8) is 0 Å². The predicted octanol–water partition coefficient (Wildman–Crippen LogP) is -0.436. The molecule has 0 aromatic rings. The number of hydrogen-bond acceptors (Lipinski definition) is 3. The molecule has 0 rings (SSSR count). The van der Waals surface area contributed by atoms with Crippen molar-refractivity contribution in [2.45, 2.75) is 11.2 Å². The van der Waals surface area contributed by atoms with E-state index in [0.29, 0.717) is 0 Å². The molecule has 0 spiro atoms. The third kappa shape index (κ3) is 2.39. The second-order valence-electron chi connectivity index (χ2n) is 1.66. The van der Waals surface area contributed by atoms with E-state index in [2.05, 4.69) is 0 Å². The van der Waals surface area contributed by atoms with Gasteiger partial charge in [-0.3, -0.25) is 0 Å². The van der Waals surface area contributed by atoms with Crippen molar-refractivity contribution in [2.75, 3.05) is 0 Å². The molecule has 0 aliphatic heterocycles. The van der Waals surface area contributed by atoms with Gasteiger partial charge < -0.3 is 0 Å². The SMILES string of the molecule is CC(=O)[CH]([Mo])C(=O)C(=O)O. The summed E-state index contributed by atoms with van der Waals surface area (Å²) in [4.78, 5) is 30.8. The summed E-state index contributed by atoms with van der Waals surface area (Å²) in [6.45, 7) is 1.19. The Labute approximate surface area is 68.5 Å². The van der Waals surface area contributed by atoms with Crippen molar-refractivity contribution in [3.05, 3.63) is 0 Å². The monoisotopic (exact) mass is 227 g/mol. The van der Waals surface area contributed by atoms with Crippen LogP contribution in [-0.2, 0) is 34.2 Å². The first kappa shape index (κ1) is 9.50. The van der Waals surface area contributed by atoms with Crippen LogP contribution >= 0.6 is 0 Å². The van der Waals surface area contributed by atoms with E-state index in [1.54, 1.807) is 0 Å². The number of ketones is 2. The van der Waals surface area contributed by atoms with Crippen LogP contribution in [0.3, 0.4) is 0 Å². The molecule has 0 saturated carbocycles. The van der Waals surface area contributed by atoms with Gasteiger partial charge in [0.2, 0.25) is 0 Å². The molecule has 1 atom stereocenters. The minimum absolute atomic E-state index is 0.419. The van der Waals surface area contributed by atoms with E-state index in [1.165, 1.54) is 26.7 Å². The molecule has 0 radical (unpaired) electrons. The van der Waals surface area contributed by atoms with Crippen molar-refractivity contribution < 1.29 is 39.3 Å². The molecule has 0 amide bonds. The molecular formula is C5H5MoO4. The average Bonchev–Trinajstić information content (AvgIpc) is 1.84. The van der Waals surface area contributed by atoms with Crippen molar-refractivity contribution in [3.8, 4) is 0 Å². The normalized spacial score (nSPS) is 12.1. The zero-order valence-corrected chi connectivity index (χ0v) is 7.16. The Morgan fingerprint density at radius 2 is 1.80 bits per heavy atom. The topological polar surface area (TPSA) is 71.4 Å². The predicted molar refractivity (Wildman–Crippen MR) is 27.1 cm³/mol. The Hall–Kier alpha value is -0.502. The number of Topliss-reactive ketones (excluding diaryl/α,β-unsaturated/α-hetero) is 2. The third-order valence-electron chi connectivity index (χ3n) is 0.818. The quantitative estimate of drug-likeness (QED) is 0.401. The van der Waals surface area contributed by atoms with Gasteiger partial charge in [0.1, 0.15) is 0 Å². The molecular weight excluding hydrogens is 220 g/mol. The van der Waals surface area contributed by atoms with Crippen LogP contribution in [0.15, 0.2) is 0 Å². The molecule has 1 unspecified atom stereocenters. The van der Waals surface area contributed by atoms with Crippen LogP contribution in [0.1, 0.15) is 6.92 Å². The summed E-state index contributed by atoms with van der Waals surface area (Å²) >= 11 is 1.20. The van der Waals surface area contributed by atoms with E-state index in [-0.39, 0.29) is 0 Å². The van der Waals surface area contributed by atoms with E-state index < -0.39 is 21.8 Å². The Kier molecular flexibility index (Phi) is 3.43. The third-order valence-corrected chi connectivity index (χ3v) is 2.16. The first-order valence-electron chi connectivity index (χ1n) is 2.40. The molecule has 0 fully saturated rings. The second-order valence-corrected chi connectivity index (χ2v) is 2.82. The summed E-state index contributed by atoms with van der Waals surface area (Å²) in [5.74, 6) is -3.01. The number of rotatable bonds is 3. The first-order chi connectivity index (χ1) is 4.46. The second kappa shape index (κ2) is 3.61. The average molecular weight is 225 g/mol. The maximum atomic E-state index is 10.5. The standard InChI is InChI=1S/C5H5O4.Mo/c1-3(6)2-4(7)5(8)9;/h2H,1H3,(H,8,9);. The van der Waals surface area contributed by atoms with Gasteiger partial charge in [-0.25, -0.2) is 0 Å². The van der Waals surface area contributed by atoms with Gasteiger partial charge in [0.25, 0.3) is 0 Å². The van der Waals surface area contributed by atoms with Gasteiger partial charge in [0.05, 0.1) is 0 Å². The zero-order chi connectivity index (χ0) is 8.31. The summed E-state index contributed by atoms with van der Waals surface area (Å²) in [5, 5.41) is 8.10. The molecule has 1 N–H and O–H groups in total. The summed E-state index contributed by atoms with van der Waals surface area (Å²) in [7, 11) is 0. The van der Waals surface area contributed by atoms with Crippen molar-refractivity contribution in [2.24, 2.45) is 0 Å². The van der Waals surface area contributed by atoms with E-state index in [1.807, 2.05) is 0 Å². The number of carbonyl (C=O) groups is 3. The molecule has 0 aromatic heterocycles. The first-order valence-corrected chi connectivity index (χ1v) is 3.56. The van der Waals surface area contributed by atoms with Crippen LogP contribution in [0, 0.1) is 0 Å². The fourth-order valence-corrected chi connectivity index (χ4v) is 0.545. The minimum atomic E-state index is -1.55. The van der Waals surface area contributed by atoms with Gasteiger partial charge in [-0.1, -0.05) is 0 Å². The summed E-state index contributed by atoms with van der Waals surface area (Å²) in [6, 6.07) is 0. The van der Waals surface area contributed by atoms with Crippen LogP contribution in [0.4, 0.5) is 0 Å². The van der Waals surface area contributed by atoms with Crippen LogP contribution in [-0.4, -0.2) is 22.6 Å². The fraction of sp³-hybridized carbons (Fsp3) is 0.400. The van der Waals surface area contributed by atoms with E-state index in [0.717, 1.165) is 0 Å². The van der Waals surface area contributed by atoms with Gasteiger partial charge in [-0.05, 0) is 0 Å². The van der Waals surface area contributed by atoms with Gasteiger partial charge in [-0.2, -0.15) is 0 Å². The van der Waals surface area contributed by atoms with Crippen LogP contribution in [0.5, 0.6) is 0 Å². The van der Waals surface area contributed by atoms with Crippen LogP contribution < -0.4 is 0 Å². The van der Waals surface area contributed by atoms with Crippen molar-refractivity contribution in [1.29, 1.82) is 0 Å². The number of hydrogen-bond donors (Lipinski definition) is 1. The number of carboxylic acid groups (broad SMARTS) is 1. The van der Waals surface area contributed by atoms with Crippen molar-refractivity contribution >= 4 is 17.5 Å². The molecule has 5 heteroatoms. The Morgan fingerprint density at radius 3 is 1.90 bits per heavy atom. The number of carbonyl (C=O) groups excluding carboxylic acids is 2. The molecule has 10 heavy (non-hydrogen) atoms. The molecule has 0 aliphatic carbocycles. The molecule has 55 valence electrons. The van der Waals surface area contributed by atoms with Gasteiger partial charge in [0.15, 0.2) is 0 Å². The van der Waals surface area contributed by atoms with E-state index in [9.17, 15) is 14.4 Å². The summed E-state index contributed by atoms with van der Waals surface area (Å²) in [6.07, 6.45) is 0. The summed E-state index contributed by atoms with van der Waals surface area (Å²) in [5.41, 5.74) is 0. The van der Waals surface area contributed by atoms with Gasteiger partial charge >= 0.3 is 68.1 Å². The Balaban J connectivity index is 4.22.